The van der Waals surface area contributed by atoms with Gasteiger partial charge in [-0.15, -0.1) is 0 Å². The summed E-state index contributed by atoms with van der Waals surface area (Å²) in [5, 5.41) is 4.39. The maximum Gasteiger partial charge on any atom is 0.212 e. The fraction of sp³-hybridized carbons (Fsp3) is 0.533. The molecule has 2 fully saturated rings. The zero-order valence-electron chi connectivity index (χ0n) is 10.7. The van der Waals surface area contributed by atoms with Crippen LogP contribution in [-0.2, 0) is 0 Å². The van der Waals surface area contributed by atoms with Gasteiger partial charge in [-0.2, -0.15) is 0 Å². The van der Waals surface area contributed by atoms with Crippen molar-refractivity contribution in [1.82, 2.24) is 10.3 Å². The summed E-state index contributed by atoms with van der Waals surface area (Å²) >= 11 is 5.98. The molecule has 3 atom stereocenters. The Morgan fingerprint density at radius 2 is 2.16 bits per heavy atom. The van der Waals surface area contributed by atoms with E-state index < -0.39 is 0 Å². The van der Waals surface area contributed by atoms with Crippen LogP contribution in [-0.4, -0.2) is 11.0 Å². The third-order valence-corrected chi connectivity index (χ3v) is 4.76. The van der Waals surface area contributed by atoms with Crippen LogP contribution in [0.3, 0.4) is 0 Å². The Labute approximate surface area is 117 Å². The minimum absolute atomic E-state index is 0.277. The monoisotopic (exact) mass is 276 g/mol. The second kappa shape index (κ2) is 4.50. The molecule has 0 radical (unpaired) electrons. The molecule has 100 valence electrons. The number of nitrogens with zero attached hydrogens (tertiary/aromatic N) is 1. The van der Waals surface area contributed by atoms with E-state index in [4.69, 9.17) is 16.0 Å². The summed E-state index contributed by atoms with van der Waals surface area (Å²) in [5.74, 6) is 1.63. The molecule has 3 unspecified atom stereocenters. The van der Waals surface area contributed by atoms with Crippen molar-refractivity contribution in [2.24, 2.45) is 5.92 Å². The van der Waals surface area contributed by atoms with Crippen molar-refractivity contribution in [2.75, 3.05) is 0 Å². The number of benzene rings is 1. The summed E-state index contributed by atoms with van der Waals surface area (Å²) < 4.78 is 5.88. The summed E-state index contributed by atoms with van der Waals surface area (Å²) in [4.78, 5) is 4.61. The minimum Gasteiger partial charge on any atom is -0.439 e. The molecule has 1 aromatic carbocycles. The van der Waals surface area contributed by atoms with Crippen LogP contribution in [0, 0.1) is 5.92 Å². The van der Waals surface area contributed by atoms with Gasteiger partial charge in [0, 0.05) is 17.1 Å². The average Bonchev–Trinajstić information content (AvgIpc) is 3.00. The Hall–Kier alpha value is -1.06. The Balaban J connectivity index is 1.64. The Morgan fingerprint density at radius 3 is 3.05 bits per heavy atom. The molecule has 0 bridgehead atoms. The van der Waals surface area contributed by atoms with Crippen molar-refractivity contribution in [2.45, 2.75) is 44.2 Å². The van der Waals surface area contributed by atoms with Crippen LogP contribution in [0.4, 0.5) is 0 Å². The molecule has 0 spiro atoms. The lowest BCUT2D eigenvalue weighted by atomic mass is 9.85. The van der Waals surface area contributed by atoms with Crippen LogP contribution in [0.5, 0.6) is 0 Å². The molecule has 3 nitrogen and oxygen atoms in total. The van der Waals surface area contributed by atoms with Gasteiger partial charge in [0.25, 0.3) is 0 Å². The molecule has 1 saturated carbocycles. The first-order chi connectivity index (χ1) is 9.29. The lowest BCUT2D eigenvalue weighted by molar-refractivity contribution is 0.325. The maximum absolute atomic E-state index is 5.98. The average molecular weight is 277 g/mol. The number of aromatic nitrogens is 1. The number of fused-ring (bicyclic) bond motifs is 2. The third-order valence-electron chi connectivity index (χ3n) is 4.53. The van der Waals surface area contributed by atoms with E-state index in [9.17, 15) is 0 Å². The zero-order valence-corrected chi connectivity index (χ0v) is 11.5. The number of hydrogen-bond donors (Lipinski definition) is 1. The normalized spacial score (nSPS) is 30.7. The van der Waals surface area contributed by atoms with Crippen LogP contribution in [0.25, 0.3) is 11.1 Å². The van der Waals surface area contributed by atoms with E-state index >= 15 is 0 Å². The van der Waals surface area contributed by atoms with Crippen molar-refractivity contribution < 1.29 is 4.42 Å². The van der Waals surface area contributed by atoms with Gasteiger partial charge in [-0.3, -0.25) is 0 Å². The Morgan fingerprint density at radius 1 is 1.26 bits per heavy atom. The smallest absolute Gasteiger partial charge is 0.212 e. The Kier molecular flexibility index (Phi) is 2.78. The van der Waals surface area contributed by atoms with Gasteiger partial charge < -0.3 is 9.73 Å². The minimum atomic E-state index is 0.277. The van der Waals surface area contributed by atoms with Gasteiger partial charge >= 0.3 is 0 Å². The number of nitrogens with one attached hydrogen (secondary N) is 1. The van der Waals surface area contributed by atoms with Crippen molar-refractivity contribution in [1.29, 1.82) is 0 Å². The summed E-state index contributed by atoms with van der Waals surface area (Å²) in [6, 6.07) is 6.57. The van der Waals surface area contributed by atoms with Crippen molar-refractivity contribution in [3.8, 4) is 0 Å². The highest BCUT2D eigenvalue weighted by Gasteiger charge is 2.37. The highest BCUT2D eigenvalue weighted by atomic mass is 35.5. The van der Waals surface area contributed by atoms with Gasteiger partial charge in [-0.25, -0.2) is 4.98 Å². The predicted octanol–water partition coefficient (Wildman–Crippen LogP) is 4.07. The van der Waals surface area contributed by atoms with E-state index in [0.717, 1.165) is 29.3 Å². The maximum atomic E-state index is 5.98. The number of halogens is 1. The van der Waals surface area contributed by atoms with Gasteiger partial charge in [0.1, 0.15) is 5.52 Å². The largest absolute Gasteiger partial charge is 0.439 e. The van der Waals surface area contributed by atoms with E-state index in [1.165, 1.54) is 25.7 Å². The molecule has 1 aliphatic heterocycles. The molecule has 1 saturated heterocycles. The predicted molar refractivity (Wildman–Crippen MR) is 75.3 cm³/mol. The van der Waals surface area contributed by atoms with Crippen LogP contribution in [0.1, 0.15) is 44.0 Å². The first-order valence-electron chi connectivity index (χ1n) is 7.11. The van der Waals surface area contributed by atoms with Gasteiger partial charge in [0.2, 0.25) is 5.89 Å². The van der Waals surface area contributed by atoms with Crippen LogP contribution in [0.15, 0.2) is 22.6 Å². The first kappa shape index (κ1) is 11.7. The van der Waals surface area contributed by atoms with E-state index in [0.29, 0.717) is 11.1 Å². The fourth-order valence-corrected chi connectivity index (χ4v) is 3.74. The zero-order chi connectivity index (χ0) is 12.8. The van der Waals surface area contributed by atoms with E-state index in [1.54, 1.807) is 0 Å². The SMILES string of the molecule is Clc1ccc2nc(C3CC4CCCCC4N3)oc2c1. The van der Waals surface area contributed by atoms with Gasteiger partial charge in [0.15, 0.2) is 5.58 Å². The summed E-state index contributed by atoms with van der Waals surface area (Å²) in [6.07, 6.45) is 6.53. The topological polar surface area (TPSA) is 38.1 Å². The molecule has 2 aliphatic rings. The quantitative estimate of drug-likeness (QED) is 0.853. The van der Waals surface area contributed by atoms with Gasteiger partial charge in [0.05, 0.1) is 6.04 Å². The highest BCUT2D eigenvalue weighted by Crippen LogP contribution is 2.39. The summed E-state index contributed by atoms with van der Waals surface area (Å²) in [7, 11) is 0. The molecule has 19 heavy (non-hydrogen) atoms. The van der Waals surface area contributed by atoms with Crippen LogP contribution < -0.4 is 5.32 Å². The fourth-order valence-electron chi connectivity index (χ4n) is 3.58. The molecule has 1 aromatic heterocycles. The Bertz CT molecular complexity index is 595. The molecule has 2 aromatic rings. The van der Waals surface area contributed by atoms with Crippen molar-refractivity contribution >= 4 is 22.7 Å². The molecule has 4 heteroatoms. The van der Waals surface area contributed by atoms with E-state index in [2.05, 4.69) is 10.3 Å². The second-order valence-electron chi connectivity index (χ2n) is 5.77. The first-order valence-corrected chi connectivity index (χ1v) is 7.49. The van der Waals surface area contributed by atoms with Crippen molar-refractivity contribution in [3.05, 3.63) is 29.1 Å². The third kappa shape index (κ3) is 2.05. The summed E-state index contributed by atoms with van der Waals surface area (Å²) in [5.41, 5.74) is 1.69. The highest BCUT2D eigenvalue weighted by molar-refractivity contribution is 6.31. The molecule has 4 rings (SSSR count). The van der Waals surface area contributed by atoms with E-state index in [-0.39, 0.29) is 6.04 Å². The number of oxazole rings is 1. The molecule has 0 amide bonds. The number of rotatable bonds is 1. The molecular formula is C15H17ClN2O. The van der Waals surface area contributed by atoms with Crippen LogP contribution in [0.2, 0.25) is 5.02 Å². The second-order valence-corrected chi connectivity index (χ2v) is 6.21. The van der Waals surface area contributed by atoms with Gasteiger partial charge in [-0.05, 0) is 37.3 Å². The molecule has 1 aliphatic carbocycles. The lowest BCUT2D eigenvalue weighted by Crippen LogP contribution is -2.30. The number of hydrogen-bond acceptors (Lipinski definition) is 3. The molecular weight excluding hydrogens is 260 g/mol. The molecule has 2 heterocycles. The molecule has 1 N–H and O–H groups in total. The van der Waals surface area contributed by atoms with Crippen molar-refractivity contribution in [3.63, 3.8) is 0 Å². The standard InChI is InChI=1S/C15H17ClN2O/c16-10-5-6-12-14(8-10)19-15(18-12)13-7-9-3-1-2-4-11(9)17-13/h5-6,8-9,11,13,17H,1-4,7H2. The lowest BCUT2D eigenvalue weighted by Gasteiger charge is -2.24. The van der Waals surface area contributed by atoms with Crippen LogP contribution >= 0.6 is 11.6 Å². The van der Waals surface area contributed by atoms with E-state index in [1.807, 2.05) is 18.2 Å². The van der Waals surface area contributed by atoms with Gasteiger partial charge in [-0.1, -0.05) is 24.4 Å². The summed E-state index contributed by atoms with van der Waals surface area (Å²) in [6.45, 7) is 0.